The lowest BCUT2D eigenvalue weighted by molar-refractivity contribution is 0.0985. The largest absolute Gasteiger partial charge is 0.342 e. The van der Waals surface area contributed by atoms with Crippen LogP contribution in [0.15, 0.2) is 18.2 Å². The standard InChI is InChI=1S/C11H13N3O/c1-7-13-9-3-2-8(6-10(9)14-7)11(15)4-5-12/h2-3,6H,4-5,12H2,1H3,(H,13,14). The van der Waals surface area contributed by atoms with Gasteiger partial charge < -0.3 is 10.7 Å². The summed E-state index contributed by atoms with van der Waals surface area (Å²) in [5.74, 6) is 0.931. The number of aryl methyl sites for hydroxylation is 1. The number of Topliss-reactive ketones (excluding diaryl/α,β-unsaturated/α-hetero) is 1. The number of aromatic amines is 1. The summed E-state index contributed by atoms with van der Waals surface area (Å²) >= 11 is 0. The Morgan fingerprint density at radius 1 is 1.53 bits per heavy atom. The normalized spacial score (nSPS) is 10.8. The van der Waals surface area contributed by atoms with Crippen molar-refractivity contribution in [2.45, 2.75) is 13.3 Å². The van der Waals surface area contributed by atoms with Gasteiger partial charge in [0.05, 0.1) is 11.0 Å². The molecule has 0 fully saturated rings. The lowest BCUT2D eigenvalue weighted by atomic mass is 10.1. The molecular formula is C11H13N3O. The summed E-state index contributed by atoms with van der Waals surface area (Å²) in [6.45, 7) is 2.28. The van der Waals surface area contributed by atoms with Crippen LogP contribution in [0.5, 0.6) is 0 Å². The van der Waals surface area contributed by atoms with Gasteiger partial charge in [-0.3, -0.25) is 4.79 Å². The van der Waals surface area contributed by atoms with Crippen LogP contribution < -0.4 is 5.73 Å². The highest BCUT2D eigenvalue weighted by Crippen LogP contribution is 2.14. The predicted octanol–water partition coefficient (Wildman–Crippen LogP) is 1.40. The highest BCUT2D eigenvalue weighted by molar-refractivity contribution is 5.98. The molecule has 4 nitrogen and oxygen atoms in total. The van der Waals surface area contributed by atoms with Crippen LogP contribution in [0.2, 0.25) is 0 Å². The van der Waals surface area contributed by atoms with Crippen molar-refractivity contribution in [2.24, 2.45) is 5.73 Å². The second kappa shape index (κ2) is 3.82. The fourth-order valence-electron chi connectivity index (χ4n) is 1.59. The van der Waals surface area contributed by atoms with Gasteiger partial charge in [0.2, 0.25) is 0 Å². The smallest absolute Gasteiger partial charge is 0.164 e. The van der Waals surface area contributed by atoms with Crippen molar-refractivity contribution in [1.82, 2.24) is 9.97 Å². The van der Waals surface area contributed by atoms with Crippen LogP contribution >= 0.6 is 0 Å². The minimum atomic E-state index is 0.0756. The molecule has 2 aromatic rings. The lowest BCUT2D eigenvalue weighted by Gasteiger charge is -1.98. The van der Waals surface area contributed by atoms with E-state index < -0.39 is 0 Å². The van der Waals surface area contributed by atoms with Gasteiger partial charge >= 0.3 is 0 Å². The number of fused-ring (bicyclic) bond motifs is 1. The number of carbonyl (C=O) groups excluding carboxylic acids is 1. The van der Waals surface area contributed by atoms with Gasteiger partial charge in [-0.25, -0.2) is 4.98 Å². The van der Waals surface area contributed by atoms with E-state index in [4.69, 9.17) is 5.73 Å². The van der Waals surface area contributed by atoms with Gasteiger partial charge in [0.25, 0.3) is 0 Å². The van der Waals surface area contributed by atoms with E-state index in [-0.39, 0.29) is 5.78 Å². The molecule has 0 atom stereocenters. The number of nitrogens with zero attached hydrogens (tertiary/aromatic N) is 1. The number of benzene rings is 1. The maximum absolute atomic E-state index is 11.6. The number of nitrogens with one attached hydrogen (secondary N) is 1. The van der Waals surface area contributed by atoms with E-state index in [9.17, 15) is 4.79 Å². The molecule has 0 spiro atoms. The molecule has 0 aliphatic carbocycles. The second-order valence-electron chi connectivity index (χ2n) is 3.52. The van der Waals surface area contributed by atoms with Gasteiger partial charge in [-0.15, -0.1) is 0 Å². The van der Waals surface area contributed by atoms with Crippen molar-refractivity contribution >= 4 is 16.8 Å². The zero-order valence-electron chi connectivity index (χ0n) is 8.58. The molecule has 0 bridgehead atoms. The number of H-pyrrole nitrogens is 1. The molecule has 3 N–H and O–H groups in total. The number of aromatic nitrogens is 2. The third kappa shape index (κ3) is 1.89. The number of nitrogens with two attached hydrogens (primary N) is 1. The van der Waals surface area contributed by atoms with Crippen LogP contribution in [0.3, 0.4) is 0 Å². The Hall–Kier alpha value is -1.68. The highest BCUT2D eigenvalue weighted by atomic mass is 16.1. The number of rotatable bonds is 3. The molecule has 0 aliphatic rings. The van der Waals surface area contributed by atoms with Crippen LogP contribution in [0.4, 0.5) is 0 Å². The van der Waals surface area contributed by atoms with E-state index in [1.54, 1.807) is 6.07 Å². The van der Waals surface area contributed by atoms with Crippen LogP contribution in [-0.2, 0) is 0 Å². The first-order valence-electron chi connectivity index (χ1n) is 4.90. The molecule has 1 heterocycles. The molecule has 0 saturated carbocycles. The number of carbonyl (C=O) groups is 1. The Morgan fingerprint density at radius 3 is 3.07 bits per heavy atom. The van der Waals surface area contributed by atoms with Crippen molar-refractivity contribution in [1.29, 1.82) is 0 Å². The van der Waals surface area contributed by atoms with Crippen molar-refractivity contribution < 1.29 is 4.79 Å². The third-order valence-corrected chi connectivity index (χ3v) is 2.29. The Kier molecular flexibility index (Phi) is 2.51. The summed E-state index contributed by atoms with van der Waals surface area (Å²) in [5.41, 5.74) is 7.82. The van der Waals surface area contributed by atoms with Crippen LogP contribution in [0.25, 0.3) is 11.0 Å². The zero-order valence-corrected chi connectivity index (χ0v) is 8.58. The number of hydrogen-bond donors (Lipinski definition) is 2. The highest BCUT2D eigenvalue weighted by Gasteiger charge is 2.06. The Balaban J connectivity index is 2.41. The summed E-state index contributed by atoms with van der Waals surface area (Å²) in [7, 11) is 0. The Labute approximate surface area is 87.5 Å². The zero-order chi connectivity index (χ0) is 10.8. The Bertz CT molecular complexity index is 502. The van der Waals surface area contributed by atoms with Crippen LogP contribution in [0.1, 0.15) is 22.6 Å². The van der Waals surface area contributed by atoms with Crippen molar-refractivity contribution in [3.63, 3.8) is 0 Å². The lowest BCUT2D eigenvalue weighted by Crippen LogP contribution is -2.07. The number of imidazole rings is 1. The maximum atomic E-state index is 11.6. The molecule has 1 aromatic heterocycles. The SMILES string of the molecule is Cc1nc2ccc(C(=O)CCN)cc2[nH]1. The average molecular weight is 203 g/mol. The van der Waals surface area contributed by atoms with Gasteiger partial charge in [-0.2, -0.15) is 0 Å². The molecule has 0 amide bonds. The van der Waals surface area contributed by atoms with E-state index in [0.717, 1.165) is 16.9 Å². The summed E-state index contributed by atoms with van der Waals surface area (Å²) in [6.07, 6.45) is 0.388. The molecule has 0 aliphatic heterocycles. The first-order chi connectivity index (χ1) is 7.20. The minimum absolute atomic E-state index is 0.0756. The maximum Gasteiger partial charge on any atom is 0.164 e. The monoisotopic (exact) mass is 203 g/mol. The van der Waals surface area contributed by atoms with E-state index >= 15 is 0 Å². The summed E-state index contributed by atoms with van der Waals surface area (Å²) < 4.78 is 0. The molecular weight excluding hydrogens is 190 g/mol. The van der Waals surface area contributed by atoms with Gasteiger partial charge in [-0.1, -0.05) is 0 Å². The molecule has 0 radical (unpaired) electrons. The van der Waals surface area contributed by atoms with Crippen molar-refractivity contribution in [2.75, 3.05) is 6.54 Å². The second-order valence-corrected chi connectivity index (χ2v) is 3.52. The summed E-state index contributed by atoms with van der Waals surface area (Å²) in [5, 5.41) is 0. The molecule has 0 saturated heterocycles. The van der Waals surface area contributed by atoms with E-state index in [1.165, 1.54) is 0 Å². The fraction of sp³-hybridized carbons (Fsp3) is 0.273. The predicted molar refractivity (Wildman–Crippen MR) is 58.8 cm³/mol. The molecule has 1 aromatic carbocycles. The van der Waals surface area contributed by atoms with Crippen LogP contribution in [0, 0.1) is 6.92 Å². The van der Waals surface area contributed by atoms with Gasteiger partial charge in [-0.05, 0) is 31.7 Å². The number of hydrogen-bond acceptors (Lipinski definition) is 3. The van der Waals surface area contributed by atoms with E-state index in [0.29, 0.717) is 18.5 Å². The number of ketones is 1. The first kappa shape index (κ1) is 9.86. The summed E-state index contributed by atoms with van der Waals surface area (Å²) in [4.78, 5) is 19.0. The molecule has 4 heteroatoms. The van der Waals surface area contributed by atoms with Crippen LogP contribution in [-0.4, -0.2) is 22.3 Å². The van der Waals surface area contributed by atoms with Gasteiger partial charge in [0.15, 0.2) is 5.78 Å². The molecule has 0 unspecified atom stereocenters. The Morgan fingerprint density at radius 2 is 2.33 bits per heavy atom. The van der Waals surface area contributed by atoms with Gasteiger partial charge in [0, 0.05) is 12.0 Å². The average Bonchev–Trinajstić information content (AvgIpc) is 2.57. The van der Waals surface area contributed by atoms with E-state index in [2.05, 4.69) is 9.97 Å². The van der Waals surface area contributed by atoms with Crippen molar-refractivity contribution in [3.05, 3.63) is 29.6 Å². The first-order valence-corrected chi connectivity index (χ1v) is 4.90. The molecule has 78 valence electrons. The molecule has 15 heavy (non-hydrogen) atoms. The molecule has 2 rings (SSSR count). The topological polar surface area (TPSA) is 71.8 Å². The fourth-order valence-corrected chi connectivity index (χ4v) is 1.59. The quantitative estimate of drug-likeness (QED) is 0.741. The van der Waals surface area contributed by atoms with Gasteiger partial charge in [0.1, 0.15) is 5.82 Å². The summed E-state index contributed by atoms with van der Waals surface area (Å²) in [6, 6.07) is 5.47. The minimum Gasteiger partial charge on any atom is -0.342 e. The van der Waals surface area contributed by atoms with Crippen molar-refractivity contribution in [3.8, 4) is 0 Å². The van der Waals surface area contributed by atoms with E-state index in [1.807, 2.05) is 19.1 Å². The third-order valence-electron chi connectivity index (χ3n) is 2.29.